The molecule has 2 amide bonds. The van der Waals surface area contributed by atoms with E-state index in [9.17, 15) is 18.4 Å². The molecule has 22 heteroatoms. The van der Waals surface area contributed by atoms with Crippen molar-refractivity contribution in [1.29, 1.82) is 0 Å². The van der Waals surface area contributed by atoms with E-state index in [1.54, 1.807) is 30.9 Å². The standard InChI is InChI=1S/2C17H20FN7O2S/c1-9-6-11(27-14-5-4-12-16(20-14)24(3)23-22-12)7-25(9)8-13-15(18)21-17(28-13)19-10(2)26;1-9-6-11(27-14-5-4-12-16(20-14)23-24(3)22-12)7-25(9)8-13-15(18)21-17(28-13)19-10(2)26/h2*4-5,9,11H,6-8H2,1-3H3,(H,19,21,26)/t2*9-,11+/m00/s1. The molecule has 0 saturated carbocycles. The SMILES string of the molecule is CC(=O)Nc1nc(F)c(CN2C[C@H](Oc3ccc4nn(C)nc4n3)C[C@@H]2C)s1.CC(=O)Nc1nc(F)c(CN2C[C@H](Oc3ccc4nnn(C)c4n3)C[C@@H]2C)s1. The van der Waals surface area contributed by atoms with Gasteiger partial charge in [-0.15, -0.1) is 10.2 Å². The van der Waals surface area contributed by atoms with Crippen molar-refractivity contribution in [1.82, 2.24) is 59.7 Å². The van der Waals surface area contributed by atoms with Crippen LogP contribution < -0.4 is 20.1 Å². The first kappa shape index (κ1) is 38.9. The minimum atomic E-state index is -0.542. The first-order chi connectivity index (χ1) is 26.8. The number of halogens is 2. The quantitative estimate of drug-likeness (QED) is 0.202. The third-order valence-electron chi connectivity index (χ3n) is 9.21. The zero-order chi connectivity index (χ0) is 39.7. The maximum absolute atomic E-state index is 14.1. The van der Waals surface area contributed by atoms with E-state index >= 15 is 0 Å². The summed E-state index contributed by atoms with van der Waals surface area (Å²) >= 11 is 2.31. The maximum atomic E-state index is 14.1. The van der Waals surface area contributed by atoms with Gasteiger partial charge in [0.25, 0.3) is 0 Å². The van der Waals surface area contributed by atoms with Crippen molar-refractivity contribution in [3.8, 4) is 11.8 Å². The molecule has 8 rings (SSSR count). The Hall–Kier alpha value is -5.32. The molecule has 0 spiro atoms. The Morgan fingerprint density at radius 1 is 0.768 bits per heavy atom. The summed E-state index contributed by atoms with van der Waals surface area (Å²) in [5, 5.41) is 22.0. The van der Waals surface area contributed by atoms with Gasteiger partial charge in [0.1, 0.15) is 23.2 Å². The third kappa shape index (κ3) is 9.20. The fourth-order valence-corrected chi connectivity index (χ4v) is 8.43. The predicted octanol–water partition coefficient (Wildman–Crippen LogP) is 3.92. The smallest absolute Gasteiger partial charge is 0.230 e. The number of ether oxygens (including phenoxy) is 2. The first-order valence-electron chi connectivity index (χ1n) is 17.8. The molecule has 0 radical (unpaired) electrons. The lowest BCUT2D eigenvalue weighted by Gasteiger charge is -2.19. The average Bonchev–Trinajstić information content (AvgIpc) is 3.97. The number of carbonyl (C=O) groups excluding carboxylic acids is 2. The van der Waals surface area contributed by atoms with Gasteiger partial charge in [0.15, 0.2) is 15.9 Å². The van der Waals surface area contributed by atoms with Crippen LogP contribution in [0.3, 0.4) is 0 Å². The molecule has 2 aliphatic rings. The van der Waals surface area contributed by atoms with Crippen molar-refractivity contribution in [3.63, 3.8) is 0 Å². The molecule has 8 heterocycles. The van der Waals surface area contributed by atoms with E-state index in [1.807, 2.05) is 12.1 Å². The molecule has 4 atom stereocenters. The molecular weight excluding hydrogens is 771 g/mol. The summed E-state index contributed by atoms with van der Waals surface area (Å²) < 4.78 is 41.9. The van der Waals surface area contributed by atoms with Gasteiger partial charge in [-0.25, -0.2) is 4.68 Å². The molecule has 2 fully saturated rings. The van der Waals surface area contributed by atoms with Crippen LogP contribution in [0.5, 0.6) is 11.8 Å². The predicted molar refractivity (Wildman–Crippen MR) is 203 cm³/mol. The highest BCUT2D eigenvalue weighted by Crippen LogP contribution is 2.30. The first-order valence-corrected chi connectivity index (χ1v) is 19.4. The number of likely N-dealkylation sites (tertiary alicyclic amines) is 2. The Morgan fingerprint density at radius 2 is 1.29 bits per heavy atom. The summed E-state index contributed by atoms with van der Waals surface area (Å²) in [5.74, 6) is -0.591. The van der Waals surface area contributed by atoms with E-state index < -0.39 is 11.9 Å². The maximum Gasteiger partial charge on any atom is 0.230 e. The highest BCUT2D eigenvalue weighted by molar-refractivity contribution is 7.16. The summed E-state index contributed by atoms with van der Waals surface area (Å²) in [7, 11) is 3.53. The summed E-state index contributed by atoms with van der Waals surface area (Å²) in [5.41, 5.74) is 2.64. The second-order valence-corrected chi connectivity index (χ2v) is 15.9. The van der Waals surface area contributed by atoms with Crippen LogP contribution in [0.1, 0.15) is 50.3 Å². The number of rotatable bonds is 10. The second kappa shape index (κ2) is 16.4. The molecule has 6 aromatic rings. The number of aromatic nitrogens is 10. The number of hydrogen-bond acceptors (Lipinski definition) is 16. The van der Waals surface area contributed by atoms with Gasteiger partial charge in [0.2, 0.25) is 41.1 Å². The Morgan fingerprint density at radius 3 is 1.82 bits per heavy atom. The van der Waals surface area contributed by atoms with Gasteiger partial charge >= 0.3 is 0 Å². The van der Waals surface area contributed by atoms with E-state index in [4.69, 9.17) is 9.47 Å². The van der Waals surface area contributed by atoms with Crippen molar-refractivity contribution in [2.24, 2.45) is 14.1 Å². The number of hydrogen-bond donors (Lipinski definition) is 2. The van der Waals surface area contributed by atoms with Gasteiger partial charge < -0.3 is 20.1 Å². The number of aryl methyl sites for hydroxylation is 2. The van der Waals surface area contributed by atoms with Gasteiger partial charge in [0, 0.05) is 91.2 Å². The normalized spacial score (nSPS) is 20.0. The fraction of sp³-hybridized carbons (Fsp3) is 0.471. The van der Waals surface area contributed by atoms with Gasteiger partial charge in [-0.3, -0.25) is 19.4 Å². The molecule has 296 valence electrons. The van der Waals surface area contributed by atoms with Gasteiger partial charge in [0.05, 0.1) is 9.75 Å². The Kier molecular flexibility index (Phi) is 11.4. The van der Waals surface area contributed by atoms with Crippen molar-refractivity contribution < 1.29 is 27.8 Å². The van der Waals surface area contributed by atoms with Crippen LogP contribution in [0.4, 0.5) is 19.0 Å². The monoisotopic (exact) mass is 810 g/mol. The zero-order valence-electron chi connectivity index (χ0n) is 31.4. The number of anilines is 2. The molecule has 0 aromatic carbocycles. The Bertz CT molecular complexity index is 2360. The molecule has 2 saturated heterocycles. The summed E-state index contributed by atoms with van der Waals surface area (Å²) in [6.07, 6.45) is 1.51. The number of amides is 2. The van der Waals surface area contributed by atoms with E-state index in [1.165, 1.54) is 18.6 Å². The van der Waals surface area contributed by atoms with Crippen LogP contribution in [0.15, 0.2) is 24.3 Å². The van der Waals surface area contributed by atoms with Gasteiger partial charge in [-0.05, 0) is 26.0 Å². The van der Waals surface area contributed by atoms with Crippen molar-refractivity contribution in [2.45, 2.75) is 77.9 Å². The van der Waals surface area contributed by atoms with E-state index in [2.05, 4.69) is 74.7 Å². The largest absolute Gasteiger partial charge is 0.473 e. The summed E-state index contributed by atoms with van der Waals surface area (Å²) in [6, 6.07) is 7.67. The molecule has 0 unspecified atom stereocenters. The highest BCUT2D eigenvalue weighted by atomic mass is 32.1. The number of nitrogens with zero attached hydrogens (tertiary/aromatic N) is 12. The van der Waals surface area contributed by atoms with E-state index in [0.717, 1.165) is 35.5 Å². The van der Waals surface area contributed by atoms with E-state index in [-0.39, 0.29) is 46.4 Å². The molecular formula is C34H40F2N14O4S2. The lowest BCUT2D eigenvalue weighted by atomic mass is 10.2. The van der Waals surface area contributed by atoms with Crippen molar-refractivity contribution in [2.75, 3.05) is 23.7 Å². The number of thiazole rings is 2. The van der Waals surface area contributed by atoms with Gasteiger partial charge in [-0.1, -0.05) is 27.9 Å². The summed E-state index contributed by atoms with van der Waals surface area (Å²) in [4.78, 5) is 45.4. The minimum Gasteiger partial charge on any atom is -0.473 e. The molecule has 2 aliphatic heterocycles. The fourth-order valence-electron chi connectivity index (χ4n) is 6.60. The number of nitrogens with one attached hydrogen (secondary N) is 2. The number of fused-ring (bicyclic) bond motifs is 2. The number of pyridine rings is 2. The lowest BCUT2D eigenvalue weighted by molar-refractivity contribution is -0.115. The molecule has 0 bridgehead atoms. The van der Waals surface area contributed by atoms with E-state index in [0.29, 0.717) is 70.0 Å². The average molecular weight is 811 g/mol. The van der Waals surface area contributed by atoms with Crippen molar-refractivity contribution >= 4 is 67.1 Å². The molecule has 18 nitrogen and oxygen atoms in total. The van der Waals surface area contributed by atoms with Crippen LogP contribution in [0.25, 0.3) is 22.3 Å². The highest BCUT2D eigenvalue weighted by Gasteiger charge is 2.33. The van der Waals surface area contributed by atoms with Crippen LogP contribution in [-0.2, 0) is 36.8 Å². The number of carbonyl (C=O) groups is 2. The molecule has 6 aromatic heterocycles. The minimum absolute atomic E-state index is 0.0491. The topological polar surface area (TPSA) is 196 Å². The van der Waals surface area contributed by atoms with Crippen LogP contribution >= 0.6 is 22.7 Å². The Balaban J connectivity index is 0.000000172. The Labute approximate surface area is 327 Å². The third-order valence-corrected chi connectivity index (χ3v) is 11.1. The van der Waals surface area contributed by atoms with Crippen LogP contribution in [-0.4, -0.2) is 109 Å². The molecule has 2 N–H and O–H groups in total. The summed E-state index contributed by atoms with van der Waals surface area (Å²) in [6.45, 7) is 9.04. The lowest BCUT2D eigenvalue weighted by Crippen LogP contribution is -2.28. The molecule has 0 aliphatic carbocycles. The van der Waals surface area contributed by atoms with Crippen molar-refractivity contribution in [3.05, 3.63) is 45.9 Å². The van der Waals surface area contributed by atoms with Gasteiger partial charge in [-0.2, -0.15) is 38.6 Å². The van der Waals surface area contributed by atoms with Crippen LogP contribution in [0.2, 0.25) is 0 Å². The zero-order valence-corrected chi connectivity index (χ0v) is 33.1. The van der Waals surface area contributed by atoms with Crippen LogP contribution in [0, 0.1) is 11.9 Å². The second-order valence-electron chi connectivity index (χ2n) is 13.7. The molecule has 56 heavy (non-hydrogen) atoms.